The van der Waals surface area contributed by atoms with Crippen molar-refractivity contribution in [1.82, 2.24) is 15.1 Å². The summed E-state index contributed by atoms with van der Waals surface area (Å²) in [5.74, 6) is 0.244. The quantitative estimate of drug-likeness (QED) is 0.779. The zero-order chi connectivity index (χ0) is 16.8. The number of aryl methyl sites for hydroxylation is 1. The molecule has 1 aliphatic heterocycles. The fraction of sp³-hybridized carbons (Fsp3) is 0.556. The summed E-state index contributed by atoms with van der Waals surface area (Å²) in [6.45, 7) is 4.22. The smallest absolute Gasteiger partial charge is 0.241 e. The molecule has 0 saturated carbocycles. The molecule has 1 fully saturated rings. The van der Waals surface area contributed by atoms with Crippen molar-refractivity contribution >= 4 is 11.8 Å². The lowest BCUT2D eigenvalue weighted by atomic mass is 10.0. The highest BCUT2D eigenvalue weighted by Crippen LogP contribution is 2.19. The average molecular weight is 317 g/mol. The van der Waals surface area contributed by atoms with Crippen LogP contribution in [0.1, 0.15) is 36.4 Å². The van der Waals surface area contributed by atoms with Crippen LogP contribution in [0.15, 0.2) is 24.3 Å². The molecule has 0 radical (unpaired) electrons. The van der Waals surface area contributed by atoms with Gasteiger partial charge < -0.3 is 10.2 Å². The molecule has 1 aromatic carbocycles. The number of carbonyl (C=O) groups excluding carboxylic acids is 2. The van der Waals surface area contributed by atoms with Crippen molar-refractivity contribution in [2.24, 2.45) is 0 Å². The van der Waals surface area contributed by atoms with Gasteiger partial charge in [-0.15, -0.1) is 0 Å². The Bertz CT molecular complexity index is 540. The molecule has 2 amide bonds. The van der Waals surface area contributed by atoms with Crippen LogP contribution >= 0.6 is 0 Å². The first-order valence-electron chi connectivity index (χ1n) is 8.27. The van der Waals surface area contributed by atoms with Crippen molar-refractivity contribution < 1.29 is 9.59 Å². The van der Waals surface area contributed by atoms with Gasteiger partial charge >= 0.3 is 0 Å². The minimum absolute atomic E-state index is 0.00611. The van der Waals surface area contributed by atoms with Crippen LogP contribution in [0.25, 0.3) is 0 Å². The summed E-state index contributed by atoms with van der Waals surface area (Å²) >= 11 is 0. The fourth-order valence-corrected chi connectivity index (χ4v) is 2.95. The Labute approximate surface area is 138 Å². The van der Waals surface area contributed by atoms with Gasteiger partial charge in [-0.3, -0.25) is 14.5 Å². The molecule has 0 spiro atoms. The summed E-state index contributed by atoms with van der Waals surface area (Å²) in [7, 11) is 3.82. The summed E-state index contributed by atoms with van der Waals surface area (Å²) in [4.78, 5) is 27.8. The fourth-order valence-electron chi connectivity index (χ4n) is 2.95. The van der Waals surface area contributed by atoms with E-state index < -0.39 is 0 Å². The van der Waals surface area contributed by atoms with Crippen LogP contribution in [0.4, 0.5) is 0 Å². The van der Waals surface area contributed by atoms with Gasteiger partial charge in [0.05, 0.1) is 0 Å². The second-order valence-corrected chi connectivity index (χ2v) is 6.41. The van der Waals surface area contributed by atoms with Crippen LogP contribution in [0, 0.1) is 6.92 Å². The zero-order valence-electron chi connectivity index (χ0n) is 14.3. The number of rotatable bonds is 7. The highest BCUT2D eigenvalue weighted by Gasteiger charge is 2.23. The number of likely N-dealkylation sites (tertiary alicyclic amines) is 1. The molecular formula is C18H27N3O2. The van der Waals surface area contributed by atoms with Gasteiger partial charge in [-0.25, -0.2) is 0 Å². The third kappa shape index (κ3) is 4.79. The SMILES string of the molecule is Cc1ccc([C@@H](C(=O)NCCCN2CCCC2=O)N(C)C)cc1. The maximum atomic E-state index is 12.5. The number of amides is 2. The Kier molecular flexibility index (Phi) is 6.16. The molecule has 1 aliphatic rings. The second-order valence-electron chi connectivity index (χ2n) is 6.41. The van der Waals surface area contributed by atoms with E-state index in [0.29, 0.717) is 13.0 Å². The molecule has 5 heteroatoms. The maximum absolute atomic E-state index is 12.5. The van der Waals surface area contributed by atoms with Crippen molar-refractivity contribution in [3.63, 3.8) is 0 Å². The Balaban J connectivity index is 1.84. The molecular weight excluding hydrogens is 290 g/mol. The number of carbonyl (C=O) groups is 2. The van der Waals surface area contributed by atoms with Gasteiger partial charge in [0, 0.05) is 26.1 Å². The molecule has 1 N–H and O–H groups in total. The number of hydrogen-bond acceptors (Lipinski definition) is 3. The largest absolute Gasteiger partial charge is 0.354 e. The molecule has 0 unspecified atom stereocenters. The first-order valence-corrected chi connectivity index (χ1v) is 8.27. The zero-order valence-corrected chi connectivity index (χ0v) is 14.3. The van der Waals surface area contributed by atoms with Crippen molar-refractivity contribution in [1.29, 1.82) is 0 Å². The van der Waals surface area contributed by atoms with E-state index in [1.165, 1.54) is 5.56 Å². The average Bonchev–Trinajstić information content (AvgIpc) is 2.91. The summed E-state index contributed by atoms with van der Waals surface area (Å²) in [5, 5.41) is 3.00. The van der Waals surface area contributed by atoms with E-state index in [0.717, 1.165) is 31.5 Å². The molecule has 1 atom stereocenters. The molecule has 0 bridgehead atoms. The predicted octanol–water partition coefficient (Wildman–Crippen LogP) is 1.73. The molecule has 23 heavy (non-hydrogen) atoms. The van der Waals surface area contributed by atoms with Crippen molar-refractivity contribution in [2.45, 2.75) is 32.2 Å². The van der Waals surface area contributed by atoms with Gasteiger partial charge in [0.15, 0.2) is 0 Å². The summed E-state index contributed by atoms with van der Waals surface area (Å²) in [6, 6.07) is 7.77. The molecule has 1 aromatic rings. The lowest BCUT2D eigenvalue weighted by Gasteiger charge is -2.24. The number of nitrogens with one attached hydrogen (secondary N) is 1. The van der Waals surface area contributed by atoms with Gasteiger partial charge in [0.1, 0.15) is 6.04 Å². The van der Waals surface area contributed by atoms with Gasteiger partial charge in [-0.2, -0.15) is 0 Å². The minimum atomic E-state index is -0.288. The van der Waals surface area contributed by atoms with Crippen LogP contribution in [-0.2, 0) is 9.59 Å². The molecule has 1 saturated heterocycles. The highest BCUT2D eigenvalue weighted by molar-refractivity contribution is 5.83. The van der Waals surface area contributed by atoms with Gasteiger partial charge in [0.25, 0.3) is 0 Å². The lowest BCUT2D eigenvalue weighted by molar-refractivity contribution is -0.127. The molecule has 0 aliphatic carbocycles. The van der Waals surface area contributed by atoms with Crippen LogP contribution in [0.2, 0.25) is 0 Å². The van der Waals surface area contributed by atoms with Crippen LogP contribution in [0.5, 0.6) is 0 Å². The Morgan fingerprint density at radius 1 is 1.30 bits per heavy atom. The Morgan fingerprint density at radius 2 is 2.00 bits per heavy atom. The van der Waals surface area contributed by atoms with E-state index in [1.54, 1.807) is 0 Å². The summed E-state index contributed by atoms with van der Waals surface area (Å²) in [5.41, 5.74) is 2.18. The molecule has 0 aromatic heterocycles. The first kappa shape index (κ1) is 17.5. The summed E-state index contributed by atoms with van der Waals surface area (Å²) < 4.78 is 0. The van der Waals surface area contributed by atoms with Crippen molar-refractivity contribution in [3.8, 4) is 0 Å². The van der Waals surface area contributed by atoms with E-state index in [-0.39, 0.29) is 17.9 Å². The minimum Gasteiger partial charge on any atom is -0.354 e. The normalized spacial score (nSPS) is 16.0. The third-order valence-electron chi connectivity index (χ3n) is 4.23. The first-order chi connectivity index (χ1) is 11.0. The second kappa shape index (κ2) is 8.11. The van der Waals surface area contributed by atoms with Crippen molar-refractivity contribution in [3.05, 3.63) is 35.4 Å². The molecule has 5 nitrogen and oxygen atoms in total. The van der Waals surface area contributed by atoms with E-state index in [4.69, 9.17) is 0 Å². The Hall–Kier alpha value is -1.88. The third-order valence-corrected chi connectivity index (χ3v) is 4.23. The lowest BCUT2D eigenvalue weighted by Crippen LogP contribution is -2.38. The van der Waals surface area contributed by atoms with Crippen LogP contribution < -0.4 is 5.32 Å². The highest BCUT2D eigenvalue weighted by atomic mass is 16.2. The van der Waals surface area contributed by atoms with E-state index >= 15 is 0 Å². The van der Waals surface area contributed by atoms with Crippen LogP contribution in [0.3, 0.4) is 0 Å². The number of hydrogen-bond donors (Lipinski definition) is 1. The van der Waals surface area contributed by atoms with Gasteiger partial charge in [-0.05, 0) is 39.4 Å². The molecule has 2 rings (SSSR count). The Morgan fingerprint density at radius 3 is 2.57 bits per heavy atom. The van der Waals surface area contributed by atoms with Gasteiger partial charge in [0.2, 0.25) is 11.8 Å². The monoisotopic (exact) mass is 317 g/mol. The van der Waals surface area contributed by atoms with Crippen molar-refractivity contribution in [2.75, 3.05) is 33.7 Å². The maximum Gasteiger partial charge on any atom is 0.241 e. The predicted molar refractivity (Wildman–Crippen MR) is 91.0 cm³/mol. The summed E-state index contributed by atoms with van der Waals surface area (Å²) in [6.07, 6.45) is 2.43. The number of likely N-dealkylation sites (N-methyl/N-ethyl adjacent to an activating group) is 1. The molecule has 126 valence electrons. The topological polar surface area (TPSA) is 52.7 Å². The number of benzene rings is 1. The standard InChI is InChI=1S/C18H27N3O2/c1-14-7-9-15(10-8-14)17(20(2)3)18(23)19-11-5-13-21-12-4-6-16(21)22/h7-10,17H,4-6,11-13H2,1-3H3,(H,19,23)/t17-/m0/s1. The van der Waals surface area contributed by atoms with Crippen LogP contribution in [-0.4, -0.2) is 55.3 Å². The molecule has 1 heterocycles. The van der Waals surface area contributed by atoms with E-state index in [2.05, 4.69) is 5.32 Å². The van der Waals surface area contributed by atoms with E-state index in [1.807, 2.05) is 55.1 Å². The van der Waals surface area contributed by atoms with E-state index in [9.17, 15) is 9.59 Å². The van der Waals surface area contributed by atoms with Gasteiger partial charge in [-0.1, -0.05) is 29.8 Å². The number of nitrogens with zero attached hydrogens (tertiary/aromatic N) is 2.